The average Bonchev–Trinajstić information content (AvgIpc) is 3.09. The summed E-state index contributed by atoms with van der Waals surface area (Å²) in [6.07, 6.45) is -0.130. The highest BCUT2D eigenvalue weighted by Gasteiger charge is 2.38. The second kappa shape index (κ2) is 8.28. The first-order valence-corrected chi connectivity index (χ1v) is 9.18. The molecule has 0 aliphatic carbocycles. The quantitative estimate of drug-likeness (QED) is 0.794. The predicted octanol–water partition coefficient (Wildman–Crippen LogP) is 1.35. The van der Waals surface area contributed by atoms with Gasteiger partial charge in [-0.2, -0.15) is 0 Å². The van der Waals surface area contributed by atoms with E-state index in [-0.39, 0.29) is 30.2 Å². The number of benzene rings is 1. The fourth-order valence-electron chi connectivity index (χ4n) is 3.47. The van der Waals surface area contributed by atoms with Crippen molar-refractivity contribution in [3.8, 4) is 5.75 Å². The van der Waals surface area contributed by atoms with Gasteiger partial charge in [0.2, 0.25) is 11.8 Å². The van der Waals surface area contributed by atoms with Crippen molar-refractivity contribution >= 4 is 23.6 Å². The molecule has 0 radical (unpaired) electrons. The molecule has 1 aromatic rings. The van der Waals surface area contributed by atoms with Gasteiger partial charge in [-0.1, -0.05) is 0 Å². The maximum Gasteiger partial charge on any atom is 0.409 e. The molecule has 2 aliphatic heterocycles. The second-order valence-electron chi connectivity index (χ2n) is 6.61. The van der Waals surface area contributed by atoms with Crippen LogP contribution in [0.2, 0.25) is 0 Å². The summed E-state index contributed by atoms with van der Waals surface area (Å²) in [5.74, 6) is 0.290. The van der Waals surface area contributed by atoms with Crippen LogP contribution in [0.15, 0.2) is 24.3 Å². The third kappa shape index (κ3) is 4.15. The molecule has 1 atom stereocenters. The molecule has 0 saturated carbocycles. The Hall–Kier alpha value is -2.77. The molecule has 0 N–H and O–H groups in total. The first kappa shape index (κ1) is 19.0. The molecule has 2 saturated heterocycles. The van der Waals surface area contributed by atoms with E-state index in [4.69, 9.17) is 9.47 Å². The lowest BCUT2D eigenvalue weighted by atomic mass is 10.1. The van der Waals surface area contributed by atoms with Crippen molar-refractivity contribution < 1.29 is 23.9 Å². The first-order chi connectivity index (χ1) is 13.0. The third-order valence-electron chi connectivity index (χ3n) is 4.98. The van der Waals surface area contributed by atoms with Crippen LogP contribution in [0.1, 0.15) is 13.3 Å². The van der Waals surface area contributed by atoms with E-state index in [1.807, 2.05) is 12.1 Å². The van der Waals surface area contributed by atoms with E-state index in [1.165, 1.54) is 0 Å². The highest BCUT2D eigenvalue weighted by molar-refractivity contribution is 6.00. The van der Waals surface area contributed by atoms with Crippen LogP contribution >= 0.6 is 0 Å². The minimum Gasteiger partial charge on any atom is -0.497 e. The van der Waals surface area contributed by atoms with Gasteiger partial charge in [0.25, 0.3) is 0 Å². The molecular formula is C19H25N3O5. The van der Waals surface area contributed by atoms with Gasteiger partial charge >= 0.3 is 6.09 Å². The van der Waals surface area contributed by atoms with Crippen LogP contribution in [0.4, 0.5) is 10.5 Å². The maximum atomic E-state index is 12.8. The van der Waals surface area contributed by atoms with Gasteiger partial charge in [-0.25, -0.2) is 4.79 Å². The van der Waals surface area contributed by atoms with Crippen molar-refractivity contribution in [2.75, 3.05) is 51.3 Å². The molecule has 3 amide bonds. The molecular weight excluding hydrogens is 350 g/mol. The van der Waals surface area contributed by atoms with E-state index < -0.39 is 0 Å². The van der Waals surface area contributed by atoms with Crippen molar-refractivity contribution in [3.63, 3.8) is 0 Å². The van der Waals surface area contributed by atoms with Crippen LogP contribution in [-0.2, 0) is 14.3 Å². The Labute approximate surface area is 158 Å². The van der Waals surface area contributed by atoms with Crippen LogP contribution in [0.3, 0.4) is 0 Å². The van der Waals surface area contributed by atoms with Gasteiger partial charge < -0.3 is 24.2 Å². The van der Waals surface area contributed by atoms with Crippen LogP contribution < -0.4 is 9.64 Å². The van der Waals surface area contributed by atoms with Crippen LogP contribution in [0, 0.1) is 5.92 Å². The molecule has 8 nitrogen and oxygen atoms in total. The lowest BCUT2D eigenvalue weighted by molar-refractivity contribution is -0.137. The average molecular weight is 375 g/mol. The van der Waals surface area contributed by atoms with Crippen molar-refractivity contribution in [3.05, 3.63) is 24.3 Å². The summed E-state index contributed by atoms with van der Waals surface area (Å²) in [5.41, 5.74) is 0.767. The summed E-state index contributed by atoms with van der Waals surface area (Å²) in [6.45, 7) is 4.31. The number of nitrogens with zero attached hydrogens (tertiary/aromatic N) is 3. The Bertz CT molecular complexity index is 698. The van der Waals surface area contributed by atoms with Crippen LogP contribution in [0.5, 0.6) is 5.75 Å². The summed E-state index contributed by atoms with van der Waals surface area (Å²) in [4.78, 5) is 42.0. The number of hydrogen-bond acceptors (Lipinski definition) is 5. The molecule has 2 heterocycles. The molecule has 0 bridgehead atoms. The zero-order chi connectivity index (χ0) is 19.4. The molecule has 1 unspecified atom stereocenters. The molecule has 0 spiro atoms. The number of piperazine rings is 1. The fraction of sp³-hybridized carbons (Fsp3) is 0.526. The van der Waals surface area contributed by atoms with E-state index in [0.717, 1.165) is 11.4 Å². The summed E-state index contributed by atoms with van der Waals surface area (Å²) in [7, 11) is 1.59. The highest BCUT2D eigenvalue weighted by atomic mass is 16.6. The lowest BCUT2D eigenvalue weighted by Crippen LogP contribution is -2.52. The molecule has 1 aromatic carbocycles. The predicted molar refractivity (Wildman–Crippen MR) is 98.6 cm³/mol. The van der Waals surface area contributed by atoms with Gasteiger partial charge in [0.05, 0.1) is 19.6 Å². The Balaban J connectivity index is 1.57. The monoisotopic (exact) mass is 375 g/mol. The summed E-state index contributed by atoms with van der Waals surface area (Å²) in [6, 6.07) is 7.24. The van der Waals surface area contributed by atoms with E-state index in [1.54, 1.807) is 40.9 Å². The number of amides is 3. The second-order valence-corrected chi connectivity index (χ2v) is 6.61. The Morgan fingerprint density at radius 3 is 2.30 bits per heavy atom. The fourth-order valence-corrected chi connectivity index (χ4v) is 3.47. The number of ether oxygens (including phenoxy) is 2. The number of carbonyl (C=O) groups excluding carboxylic acids is 3. The molecule has 146 valence electrons. The molecule has 27 heavy (non-hydrogen) atoms. The van der Waals surface area contributed by atoms with Crippen LogP contribution in [-0.4, -0.2) is 74.1 Å². The summed E-state index contributed by atoms with van der Waals surface area (Å²) >= 11 is 0. The number of anilines is 1. The van der Waals surface area contributed by atoms with Gasteiger partial charge in [0.1, 0.15) is 5.75 Å². The van der Waals surface area contributed by atoms with E-state index >= 15 is 0 Å². The van der Waals surface area contributed by atoms with E-state index in [2.05, 4.69) is 0 Å². The Kier molecular flexibility index (Phi) is 5.83. The van der Waals surface area contributed by atoms with Gasteiger partial charge in [-0.3, -0.25) is 9.59 Å². The third-order valence-corrected chi connectivity index (χ3v) is 4.98. The van der Waals surface area contributed by atoms with Gasteiger partial charge in [0, 0.05) is 44.8 Å². The molecule has 2 fully saturated rings. The van der Waals surface area contributed by atoms with Crippen LogP contribution in [0.25, 0.3) is 0 Å². The zero-order valence-corrected chi connectivity index (χ0v) is 15.7. The number of methoxy groups -OCH3 is 1. The standard InChI is InChI=1S/C19H25N3O5/c1-3-27-19(25)21-10-8-20(9-11-21)18(24)14-12-17(23)22(13-14)15-4-6-16(26-2)7-5-15/h4-7,14H,3,8-13H2,1-2H3. The van der Waals surface area contributed by atoms with Gasteiger partial charge in [-0.05, 0) is 31.2 Å². The largest absolute Gasteiger partial charge is 0.497 e. The summed E-state index contributed by atoms with van der Waals surface area (Å²) < 4.78 is 10.1. The van der Waals surface area contributed by atoms with E-state index in [0.29, 0.717) is 39.3 Å². The SMILES string of the molecule is CCOC(=O)N1CCN(C(=O)C2CC(=O)N(c3ccc(OC)cc3)C2)CC1. The highest BCUT2D eigenvalue weighted by Crippen LogP contribution is 2.28. The minimum atomic E-state index is -0.353. The van der Waals surface area contributed by atoms with Crippen molar-refractivity contribution in [1.82, 2.24) is 9.80 Å². The number of hydrogen-bond donors (Lipinski definition) is 0. The lowest BCUT2D eigenvalue weighted by Gasteiger charge is -2.35. The minimum absolute atomic E-state index is 0.0251. The number of rotatable bonds is 4. The molecule has 0 aromatic heterocycles. The zero-order valence-electron chi connectivity index (χ0n) is 15.7. The Morgan fingerprint density at radius 1 is 1.07 bits per heavy atom. The van der Waals surface area contributed by atoms with Gasteiger partial charge in [0.15, 0.2) is 0 Å². The first-order valence-electron chi connectivity index (χ1n) is 9.18. The van der Waals surface area contributed by atoms with Crippen molar-refractivity contribution in [2.24, 2.45) is 5.92 Å². The van der Waals surface area contributed by atoms with Gasteiger partial charge in [-0.15, -0.1) is 0 Å². The molecule has 3 rings (SSSR count). The summed E-state index contributed by atoms with van der Waals surface area (Å²) in [5, 5.41) is 0. The number of carbonyl (C=O) groups is 3. The Morgan fingerprint density at radius 2 is 1.70 bits per heavy atom. The maximum absolute atomic E-state index is 12.8. The van der Waals surface area contributed by atoms with Crippen molar-refractivity contribution in [1.29, 1.82) is 0 Å². The smallest absolute Gasteiger partial charge is 0.409 e. The molecule has 8 heteroatoms. The van der Waals surface area contributed by atoms with E-state index in [9.17, 15) is 14.4 Å². The molecule has 2 aliphatic rings. The normalized spacial score (nSPS) is 20.0. The van der Waals surface area contributed by atoms with Crippen molar-refractivity contribution in [2.45, 2.75) is 13.3 Å². The topological polar surface area (TPSA) is 79.4 Å².